The first-order chi connectivity index (χ1) is 5.13. The van der Waals surface area contributed by atoms with E-state index in [0.717, 1.165) is 6.42 Å². The van der Waals surface area contributed by atoms with Gasteiger partial charge in [-0.1, -0.05) is 6.92 Å². The Labute approximate surface area is 65.7 Å². The molecule has 0 amide bonds. The number of quaternary nitrogens is 1. The van der Waals surface area contributed by atoms with Gasteiger partial charge in [-0.3, -0.25) is 0 Å². The highest BCUT2D eigenvalue weighted by Crippen LogP contribution is 2.12. The zero-order valence-electron chi connectivity index (χ0n) is 6.79. The largest absolute Gasteiger partial charge is 0.634 e. The highest BCUT2D eigenvalue weighted by molar-refractivity contribution is 5.75. The molecule has 0 radical (unpaired) electrons. The van der Waals surface area contributed by atoms with Gasteiger partial charge in [-0.15, -0.1) is 0 Å². The van der Waals surface area contributed by atoms with E-state index in [0.29, 0.717) is 6.61 Å². The maximum Gasteiger partial charge on any atom is 0.365 e. The van der Waals surface area contributed by atoms with Crippen molar-refractivity contribution in [1.29, 1.82) is 0 Å². The van der Waals surface area contributed by atoms with Crippen molar-refractivity contribution in [1.82, 2.24) is 0 Å². The van der Waals surface area contributed by atoms with E-state index in [2.05, 4.69) is 0 Å². The number of hydrogen-bond donors (Lipinski definition) is 1. The quantitative estimate of drug-likeness (QED) is 0.392. The molecule has 0 aromatic carbocycles. The van der Waals surface area contributed by atoms with Crippen LogP contribution in [0.1, 0.15) is 13.3 Å². The fraction of sp³-hybridized carbons (Fsp3) is 0.857. The van der Waals surface area contributed by atoms with Crippen molar-refractivity contribution in [2.45, 2.75) is 19.4 Å². The van der Waals surface area contributed by atoms with E-state index < -0.39 is 6.04 Å². The topological polar surface area (TPSA) is 53.8 Å². The van der Waals surface area contributed by atoms with Crippen molar-refractivity contribution in [2.75, 3.05) is 13.7 Å². The SMILES string of the molecule is CC1CCOC(=O)C1[NH+](C)[O-]. The average Bonchev–Trinajstić information content (AvgIpc) is 1.85. The summed E-state index contributed by atoms with van der Waals surface area (Å²) in [5.41, 5.74) is 0. The van der Waals surface area contributed by atoms with Gasteiger partial charge < -0.3 is 15.0 Å². The van der Waals surface area contributed by atoms with E-state index in [1.54, 1.807) is 0 Å². The van der Waals surface area contributed by atoms with Gasteiger partial charge in [0.25, 0.3) is 0 Å². The molecule has 0 aromatic rings. The molecule has 3 unspecified atom stereocenters. The summed E-state index contributed by atoms with van der Waals surface area (Å²) in [6.45, 7) is 2.37. The molecule has 0 saturated carbocycles. The lowest BCUT2D eigenvalue weighted by atomic mass is 9.97. The lowest BCUT2D eigenvalue weighted by Gasteiger charge is -2.33. The van der Waals surface area contributed by atoms with Gasteiger partial charge in [0.05, 0.1) is 13.7 Å². The number of carbonyl (C=O) groups excluding carboxylic acids is 1. The molecule has 1 fully saturated rings. The number of likely N-dealkylation sites (N-methyl/N-ethyl adjacent to an activating group) is 1. The molecular formula is C7H13NO3. The van der Waals surface area contributed by atoms with E-state index in [-0.39, 0.29) is 17.0 Å². The molecule has 0 aliphatic carbocycles. The molecule has 1 heterocycles. The number of hydrogen-bond acceptors (Lipinski definition) is 3. The first-order valence-corrected chi connectivity index (χ1v) is 3.80. The molecule has 0 aromatic heterocycles. The minimum atomic E-state index is -0.510. The fourth-order valence-corrected chi connectivity index (χ4v) is 1.40. The third-order valence-corrected chi connectivity index (χ3v) is 2.08. The van der Waals surface area contributed by atoms with E-state index in [1.165, 1.54) is 7.05 Å². The Morgan fingerprint density at radius 3 is 2.73 bits per heavy atom. The first kappa shape index (κ1) is 8.49. The van der Waals surface area contributed by atoms with Crippen LogP contribution in [-0.4, -0.2) is 25.7 Å². The minimum Gasteiger partial charge on any atom is -0.634 e. The summed E-state index contributed by atoms with van der Waals surface area (Å²) < 4.78 is 4.76. The van der Waals surface area contributed by atoms with Gasteiger partial charge in [0.1, 0.15) is 0 Å². The standard InChI is InChI=1S/C7H13NO3/c1-5-3-4-11-7(9)6(5)8(2)10/h5-6,8H,3-4H2,1-2H3. The molecular weight excluding hydrogens is 146 g/mol. The molecule has 64 valence electrons. The van der Waals surface area contributed by atoms with Crippen LogP contribution in [0.5, 0.6) is 0 Å². The molecule has 0 spiro atoms. The fourth-order valence-electron chi connectivity index (χ4n) is 1.40. The zero-order chi connectivity index (χ0) is 8.43. The Bertz CT molecular complexity index is 158. The van der Waals surface area contributed by atoms with Crippen LogP contribution in [0.2, 0.25) is 0 Å². The summed E-state index contributed by atoms with van der Waals surface area (Å²) in [5, 5.41) is 10.8. The number of cyclic esters (lactones) is 1. The molecule has 4 nitrogen and oxygen atoms in total. The Morgan fingerprint density at radius 2 is 2.36 bits per heavy atom. The predicted molar refractivity (Wildman–Crippen MR) is 38.8 cm³/mol. The highest BCUT2D eigenvalue weighted by Gasteiger charge is 2.34. The minimum absolute atomic E-state index is 0.0813. The van der Waals surface area contributed by atoms with Gasteiger partial charge in [0.15, 0.2) is 6.04 Å². The van der Waals surface area contributed by atoms with E-state index in [1.807, 2.05) is 6.92 Å². The number of nitrogens with one attached hydrogen (secondary N) is 1. The smallest absolute Gasteiger partial charge is 0.365 e. The number of hydroxylamine groups is 2. The Kier molecular flexibility index (Phi) is 2.46. The van der Waals surface area contributed by atoms with Crippen molar-refractivity contribution in [3.8, 4) is 0 Å². The second kappa shape index (κ2) is 3.19. The van der Waals surface area contributed by atoms with Crippen molar-refractivity contribution in [2.24, 2.45) is 5.92 Å². The van der Waals surface area contributed by atoms with Gasteiger partial charge >= 0.3 is 5.97 Å². The van der Waals surface area contributed by atoms with Crippen molar-refractivity contribution in [3.63, 3.8) is 0 Å². The molecule has 4 heteroatoms. The van der Waals surface area contributed by atoms with E-state index in [4.69, 9.17) is 4.74 Å². The first-order valence-electron chi connectivity index (χ1n) is 3.80. The summed E-state index contributed by atoms with van der Waals surface area (Å²) >= 11 is 0. The molecule has 0 bridgehead atoms. The molecule has 1 saturated heterocycles. The second-order valence-electron chi connectivity index (χ2n) is 3.02. The maximum absolute atomic E-state index is 11.0. The van der Waals surface area contributed by atoms with Gasteiger partial charge in [-0.05, 0) is 6.42 Å². The van der Waals surface area contributed by atoms with Crippen molar-refractivity contribution in [3.05, 3.63) is 5.21 Å². The lowest BCUT2D eigenvalue weighted by Crippen LogP contribution is -3.10. The third kappa shape index (κ3) is 1.70. The summed E-state index contributed by atoms with van der Waals surface area (Å²) in [6.07, 6.45) is 0.802. The van der Waals surface area contributed by atoms with Crippen LogP contribution in [0.4, 0.5) is 0 Å². The zero-order valence-corrected chi connectivity index (χ0v) is 6.79. The molecule has 11 heavy (non-hydrogen) atoms. The molecule has 1 aliphatic rings. The molecule has 1 N–H and O–H groups in total. The summed E-state index contributed by atoms with van der Waals surface area (Å²) in [4.78, 5) is 11.0. The van der Waals surface area contributed by atoms with Crippen molar-refractivity contribution >= 4 is 5.97 Å². The van der Waals surface area contributed by atoms with Gasteiger partial charge in [0.2, 0.25) is 0 Å². The molecule has 3 atom stereocenters. The summed E-state index contributed by atoms with van der Waals surface area (Å²) in [7, 11) is 1.44. The summed E-state index contributed by atoms with van der Waals surface area (Å²) in [6, 6.07) is -0.510. The van der Waals surface area contributed by atoms with Crippen LogP contribution in [0.3, 0.4) is 0 Å². The van der Waals surface area contributed by atoms with E-state index >= 15 is 0 Å². The van der Waals surface area contributed by atoms with Crippen molar-refractivity contribution < 1.29 is 14.6 Å². The number of carbonyl (C=O) groups is 1. The number of ether oxygens (including phenoxy) is 1. The monoisotopic (exact) mass is 159 g/mol. The average molecular weight is 159 g/mol. The third-order valence-electron chi connectivity index (χ3n) is 2.08. The van der Waals surface area contributed by atoms with E-state index in [9.17, 15) is 10.0 Å². The number of esters is 1. The molecule has 1 aliphatic heterocycles. The van der Waals surface area contributed by atoms with Crippen LogP contribution in [0, 0.1) is 11.1 Å². The normalized spacial score (nSPS) is 34.6. The summed E-state index contributed by atoms with van der Waals surface area (Å²) in [5.74, 6) is -0.204. The van der Waals surface area contributed by atoms with Crippen LogP contribution in [-0.2, 0) is 9.53 Å². The number of rotatable bonds is 1. The van der Waals surface area contributed by atoms with Crippen LogP contribution in [0.15, 0.2) is 0 Å². The van der Waals surface area contributed by atoms with Gasteiger partial charge in [-0.25, -0.2) is 4.79 Å². The predicted octanol–water partition coefficient (Wildman–Crippen LogP) is -1.05. The Hall–Kier alpha value is -0.610. The Balaban J connectivity index is 2.63. The van der Waals surface area contributed by atoms with Gasteiger partial charge in [-0.2, -0.15) is 0 Å². The van der Waals surface area contributed by atoms with Gasteiger partial charge in [0, 0.05) is 5.92 Å². The van der Waals surface area contributed by atoms with Crippen LogP contribution < -0.4 is 5.06 Å². The maximum atomic E-state index is 11.0. The van der Waals surface area contributed by atoms with Crippen LogP contribution in [0.25, 0.3) is 0 Å². The second-order valence-corrected chi connectivity index (χ2v) is 3.02. The van der Waals surface area contributed by atoms with Crippen LogP contribution >= 0.6 is 0 Å². The highest BCUT2D eigenvalue weighted by atomic mass is 16.6. The Morgan fingerprint density at radius 1 is 1.73 bits per heavy atom. The molecule has 1 rings (SSSR count). The lowest BCUT2D eigenvalue weighted by molar-refractivity contribution is -0.850.